The number of rotatable bonds is 11. The van der Waals surface area contributed by atoms with Gasteiger partial charge in [0.2, 0.25) is 0 Å². The van der Waals surface area contributed by atoms with Gasteiger partial charge in [-0.3, -0.25) is 9.69 Å². The van der Waals surface area contributed by atoms with Crippen molar-refractivity contribution in [3.05, 3.63) is 65.7 Å². The molecule has 0 aromatic heterocycles. The number of benzene rings is 2. The van der Waals surface area contributed by atoms with Crippen LogP contribution in [-0.2, 0) is 11.2 Å². The second-order valence-electron chi connectivity index (χ2n) is 10.6. The van der Waals surface area contributed by atoms with E-state index in [-0.39, 0.29) is 12.2 Å². The molecule has 0 radical (unpaired) electrons. The molecule has 0 amide bonds. The van der Waals surface area contributed by atoms with Crippen molar-refractivity contribution in [2.75, 3.05) is 37.6 Å². The first kappa shape index (κ1) is 25.5. The van der Waals surface area contributed by atoms with Crippen LogP contribution < -0.4 is 4.90 Å². The highest BCUT2D eigenvalue weighted by Crippen LogP contribution is 2.33. The van der Waals surface area contributed by atoms with Gasteiger partial charge in [0.1, 0.15) is 5.78 Å². The predicted molar refractivity (Wildman–Crippen MR) is 143 cm³/mol. The standard InChI is InChI=1S/C31H41N3O/c32-18-16-31(35)11-5-8-26-12-14-27(15-13-26)17-19-33-20-22-34(23-21-33)30-10-4-9-29(25-30)24-28-6-2-1-3-7-28/h1-4,6-7,9-10,25-27H,5,8,11-17,19-24H2/t26-,27-. The summed E-state index contributed by atoms with van der Waals surface area (Å²) in [5, 5.41) is 8.60. The van der Waals surface area contributed by atoms with Gasteiger partial charge in [-0.25, -0.2) is 0 Å². The Bertz CT molecular complexity index is 951. The Balaban J connectivity index is 1.12. The van der Waals surface area contributed by atoms with E-state index in [0.29, 0.717) is 6.42 Å². The first-order valence-corrected chi connectivity index (χ1v) is 13.7. The maximum atomic E-state index is 11.5. The van der Waals surface area contributed by atoms with Crippen molar-refractivity contribution in [2.24, 2.45) is 11.8 Å². The van der Waals surface area contributed by atoms with Gasteiger partial charge in [0.25, 0.3) is 0 Å². The number of nitriles is 1. The molecule has 0 N–H and O–H groups in total. The monoisotopic (exact) mass is 471 g/mol. The zero-order chi connectivity index (χ0) is 24.3. The van der Waals surface area contributed by atoms with Crippen molar-refractivity contribution in [2.45, 2.75) is 64.2 Å². The molecule has 0 unspecified atom stereocenters. The second kappa shape index (κ2) is 13.4. The van der Waals surface area contributed by atoms with Crippen molar-refractivity contribution in [1.82, 2.24) is 4.90 Å². The number of nitrogens with zero attached hydrogens (tertiary/aromatic N) is 3. The summed E-state index contributed by atoms with van der Waals surface area (Å²) in [6, 6.07) is 21.8. The molecule has 1 aliphatic heterocycles. The summed E-state index contributed by atoms with van der Waals surface area (Å²) in [7, 11) is 0. The quantitative estimate of drug-likeness (QED) is 0.389. The highest BCUT2D eigenvalue weighted by Gasteiger charge is 2.23. The van der Waals surface area contributed by atoms with Crippen LogP contribution in [0.2, 0.25) is 0 Å². The average Bonchev–Trinajstić information content (AvgIpc) is 2.89. The van der Waals surface area contributed by atoms with Gasteiger partial charge in [-0.2, -0.15) is 5.26 Å². The van der Waals surface area contributed by atoms with Gasteiger partial charge in [-0.1, -0.05) is 74.6 Å². The zero-order valence-corrected chi connectivity index (χ0v) is 21.2. The third-order valence-corrected chi connectivity index (χ3v) is 8.06. The van der Waals surface area contributed by atoms with Crippen molar-refractivity contribution >= 4 is 11.5 Å². The van der Waals surface area contributed by atoms with Crippen LogP contribution in [0.1, 0.15) is 68.9 Å². The first-order chi connectivity index (χ1) is 17.2. The van der Waals surface area contributed by atoms with Crippen LogP contribution in [0, 0.1) is 23.2 Å². The molecule has 35 heavy (non-hydrogen) atoms. The number of hydrogen-bond donors (Lipinski definition) is 0. The van der Waals surface area contributed by atoms with Crippen LogP contribution in [0.4, 0.5) is 5.69 Å². The topological polar surface area (TPSA) is 47.3 Å². The van der Waals surface area contributed by atoms with Crippen LogP contribution in [-0.4, -0.2) is 43.4 Å². The summed E-state index contributed by atoms with van der Waals surface area (Å²) in [6.07, 6.45) is 10.5. The smallest absolute Gasteiger partial charge is 0.146 e. The number of ketones is 1. The molecule has 2 aromatic rings. The Morgan fingerprint density at radius 1 is 0.857 bits per heavy atom. The lowest BCUT2D eigenvalue weighted by molar-refractivity contribution is -0.118. The molecule has 0 atom stereocenters. The van der Waals surface area contributed by atoms with Crippen molar-refractivity contribution in [1.29, 1.82) is 5.26 Å². The van der Waals surface area contributed by atoms with E-state index < -0.39 is 0 Å². The molecule has 4 heteroatoms. The number of Topliss-reactive ketones (excluding diaryl/α,β-unsaturated/α-hetero) is 1. The average molecular weight is 472 g/mol. The largest absolute Gasteiger partial charge is 0.369 e. The Kier molecular flexibility index (Phi) is 9.78. The molecule has 2 aromatic carbocycles. The maximum Gasteiger partial charge on any atom is 0.146 e. The van der Waals surface area contributed by atoms with E-state index in [1.165, 1.54) is 61.9 Å². The molecule has 2 aliphatic rings. The van der Waals surface area contributed by atoms with Crippen molar-refractivity contribution < 1.29 is 4.79 Å². The van der Waals surface area contributed by atoms with E-state index in [1.807, 2.05) is 6.07 Å². The summed E-state index contributed by atoms with van der Waals surface area (Å²) in [6.45, 7) is 5.79. The van der Waals surface area contributed by atoms with Crippen LogP contribution in [0.3, 0.4) is 0 Å². The summed E-state index contributed by atoms with van der Waals surface area (Å²) >= 11 is 0. The van der Waals surface area contributed by atoms with Crippen LogP contribution in [0.15, 0.2) is 54.6 Å². The van der Waals surface area contributed by atoms with Crippen molar-refractivity contribution in [3.8, 4) is 6.07 Å². The molecule has 1 aliphatic carbocycles. The fraction of sp³-hybridized carbons (Fsp3) is 0.548. The van der Waals surface area contributed by atoms with E-state index in [1.54, 1.807) is 0 Å². The number of anilines is 1. The molecule has 0 spiro atoms. The van der Waals surface area contributed by atoms with Crippen LogP contribution >= 0.6 is 0 Å². The fourth-order valence-corrected chi connectivity index (χ4v) is 5.86. The Morgan fingerprint density at radius 3 is 2.26 bits per heavy atom. The number of carbonyl (C=O) groups is 1. The zero-order valence-electron chi connectivity index (χ0n) is 21.2. The summed E-state index contributed by atoms with van der Waals surface area (Å²) in [5.41, 5.74) is 4.13. The summed E-state index contributed by atoms with van der Waals surface area (Å²) in [5.74, 6) is 1.78. The SMILES string of the molecule is N#CCC(=O)CCC[C@H]1CC[C@H](CCN2CCN(c3cccc(Cc4ccccc4)c3)CC2)CC1. The minimum atomic E-state index is 0.0850. The van der Waals surface area contributed by atoms with Gasteiger partial charge in [-0.15, -0.1) is 0 Å². The molecule has 2 fully saturated rings. The van der Waals surface area contributed by atoms with E-state index >= 15 is 0 Å². The van der Waals surface area contributed by atoms with Gasteiger partial charge in [0, 0.05) is 38.3 Å². The van der Waals surface area contributed by atoms with Gasteiger partial charge in [0.05, 0.1) is 12.5 Å². The lowest BCUT2D eigenvalue weighted by atomic mass is 9.78. The van der Waals surface area contributed by atoms with E-state index in [2.05, 4.69) is 64.4 Å². The minimum absolute atomic E-state index is 0.0850. The third kappa shape index (κ3) is 8.22. The van der Waals surface area contributed by atoms with Gasteiger partial charge in [0.15, 0.2) is 0 Å². The third-order valence-electron chi connectivity index (χ3n) is 8.06. The number of piperazine rings is 1. The Morgan fingerprint density at radius 2 is 1.54 bits per heavy atom. The normalized spacial score (nSPS) is 20.9. The minimum Gasteiger partial charge on any atom is -0.369 e. The second-order valence-corrected chi connectivity index (χ2v) is 10.6. The Labute approximate surface area is 211 Å². The molecule has 1 saturated carbocycles. The molecule has 4 nitrogen and oxygen atoms in total. The predicted octanol–water partition coefficient (Wildman–Crippen LogP) is 6.25. The van der Waals surface area contributed by atoms with E-state index in [0.717, 1.165) is 50.9 Å². The van der Waals surface area contributed by atoms with Crippen LogP contribution in [0.25, 0.3) is 0 Å². The Hall–Kier alpha value is -2.64. The molecule has 186 valence electrons. The number of carbonyl (C=O) groups excluding carboxylic acids is 1. The van der Waals surface area contributed by atoms with Crippen LogP contribution in [0.5, 0.6) is 0 Å². The molecule has 1 heterocycles. The summed E-state index contributed by atoms with van der Waals surface area (Å²) < 4.78 is 0. The molecular weight excluding hydrogens is 430 g/mol. The highest BCUT2D eigenvalue weighted by atomic mass is 16.1. The van der Waals surface area contributed by atoms with Gasteiger partial charge < -0.3 is 4.90 Å². The molecule has 1 saturated heterocycles. The van der Waals surface area contributed by atoms with Gasteiger partial charge in [-0.05, 0) is 60.9 Å². The maximum absolute atomic E-state index is 11.5. The highest BCUT2D eigenvalue weighted by molar-refractivity contribution is 5.80. The first-order valence-electron chi connectivity index (χ1n) is 13.7. The fourth-order valence-electron chi connectivity index (χ4n) is 5.86. The molecule has 4 rings (SSSR count). The van der Waals surface area contributed by atoms with E-state index in [9.17, 15) is 4.79 Å². The molecular formula is C31H41N3O. The van der Waals surface area contributed by atoms with Gasteiger partial charge >= 0.3 is 0 Å². The summed E-state index contributed by atoms with van der Waals surface area (Å²) in [4.78, 5) is 16.7. The lowest BCUT2D eigenvalue weighted by Gasteiger charge is -2.37. The lowest BCUT2D eigenvalue weighted by Crippen LogP contribution is -2.47. The van der Waals surface area contributed by atoms with Crippen molar-refractivity contribution in [3.63, 3.8) is 0 Å². The number of hydrogen-bond acceptors (Lipinski definition) is 4. The molecule has 0 bridgehead atoms. The van der Waals surface area contributed by atoms with E-state index in [4.69, 9.17) is 5.26 Å².